The summed E-state index contributed by atoms with van der Waals surface area (Å²) < 4.78 is 0. The molecule has 0 aromatic heterocycles. The van der Waals surface area contributed by atoms with Gasteiger partial charge in [-0.15, -0.1) is 0 Å². The summed E-state index contributed by atoms with van der Waals surface area (Å²) in [5.41, 5.74) is 0.585. The van der Waals surface area contributed by atoms with Gasteiger partial charge in [0.2, 0.25) is 0 Å². The third-order valence-electron chi connectivity index (χ3n) is 9.75. The molecule has 0 spiro atoms. The molecular formula is C23H37N3O3. The number of hydrogen-bond acceptors (Lipinski definition) is 6. The Hall–Kier alpha value is -1.14. The second-order valence-electron chi connectivity index (χ2n) is 11.0. The lowest BCUT2D eigenvalue weighted by Crippen LogP contribution is -2.66. The van der Waals surface area contributed by atoms with Crippen molar-refractivity contribution in [1.82, 2.24) is 5.32 Å². The van der Waals surface area contributed by atoms with Crippen molar-refractivity contribution in [2.75, 3.05) is 13.1 Å². The van der Waals surface area contributed by atoms with E-state index < -0.39 is 5.60 Å². The molecule has 1 aliphatic heterocycles. The molecule has 4 aliphatic carbocycles. The minimum atomic E-state index is -1.11. The van der Waals surface area contributed by atoms with Crippen LogP contribution in [0.5, 0.6) is 0 Å². The second-order valence-corrected chi connectivity index (χ2v) is 11.0. The first-order valence-corrected chi connectivity index (χ1v) is 11.8. The minimum Gasteiger partial charge on any atom is -0.411 e. The van der Waals surface area contributed by atoms with E-state index in [0.29, 0.717) is 35.3 Å². The predicted octanol–water partition coefficient (Wildman–Crippen LogP) is 3.71. The highest BCUT2D eigenvalue weighted by Crippen LogP contribution is 2.66. The molecule has 0 amide bonds. The van der Waals surface area contributed by atoms with Crippen molar-refractivity contribution in [3.05, 3.63) is 0 Å². The lowest BCUT2D eigenvalue weighted by molar-refractivity contribution is -0.134. The number of fused-ring (bicyclic) bond motifs is 5. The highest BCUT2D eigenvalue weighted by atomic mass is 16.6. The van der Waals surface area contributed by atoms with Gasteiger partial charge in [0.25, 0.3) is 0 Å². The molecule has 0 aromatic rings. The zero-order chi connectivity index (χ0) is 20.3. The van der Waals surface area contributed by atoms with Crippen LogP contribution in [-0.4, -0.2) is 46.5 Å². The first-order valence-electron chi connectivity index (χ1n) is 11.8. The van der Waals surface area contributed by atoms with Crippen molar-refractivity contribution in [3.63, 3.8) is 0 Å². The van der Waals surface area contributed by atoms with Gasteiger partial charge in [0.15, 0.2) is 0 Å². The van der Waals surface area contributed by atoms with Gasteiger partial charge in [-0.3, -0.25) is 0 Å². The standard InChI is InChI=1S/C23H37N3O3/c1-21-8-3-4-18(21)17-12-20(25-28)23(27)13-15(26-29-16-7-11-24-14-16)5-10-22(23,2)19(17)6-9-21/h16-19,24,27-28H,3-14H2,1-2H3/b25-20+,26-15+/t16-,17+,18+,19+,21+,22-,23+/m1/s1. The van der Waals surface area contributed by atoms with Crippen LogP contribution in [0.25, 0.3) is 0 Å². The van der Waals surface area contributed by atoms with Crippen molar-refractivity contribution in [2.45, 2.75) is 89.8 Å². The van der Waals surface area contributed by atoms with Gasteiger partial charge in [0.1, 0.15) is 11.7 Å². The van der Waals surface area contributed by atoms with Crippen LogP contribution in [0.15, 0.2) is 10.3 Å². The molecule has 0 aromatic carbocycles. The van der Waals surface area contributed by atoms with Crippen LogP contribution in [0.1, 0.15) is 78.1 Å². The van der Waals surface area contributed by atoms with Gasteiger partial charge in [-0.1, -0.05) is 30.6 Å². The molecule has 0 bridgehead atoms. The number of nitrogens with zero attached hydrogens (tertiary/aromatic N) is 2. The maximum absolute atomic E-state index is 12.0. The van der Waals surface area contributed by atoms with Crippen LogP contribution in [0.2, 0.25) is 0 Å². The lowest BCUT2D eigenvalue weighted by Gasteiger charge is -2.62. The zero-order valence-corrected chi connectivity index (χ0v) is 18.0. The molecule has 3 N–H and O–H groups in total. The van der Waals surface area contributed by atoms with Crippen molar-refractivity contribution in [2.24, 2.45) is 38.9 Å². The fraction of sp³-hybridized carbons (Fsp3) is 0.913. The van der Waals surface area contributed by atoms with E-state index in [1.165, 1.54) is 32.1 Å². The van der Waals surface area contributed by atoms with E-state index in [4.69, 9.17) is 4.84 Å². The molecular weight excluding hydrogens is 366 g/mol. The Morgan fingerprint density at radius 1 is 1.10 bits per heavy atom. The maximum Gasteiger partial charge on any atom is 0.141 e. The molecule has 5 fully saturated rings. The average molecular weight is 404 g/mol. The summed E-state index contributed by atoms with van der Waals surface area (Å²) in [6.45, 7) is 6.54. The van der Waals surface area contributed by atoms with Crippen molar-refractivity contribution in [1.29, 1.82) is 0 Å². The second kappa shape index (κ2) is 6.94. The summed E-state index contributed by atoms with van der Waals surface area (Å²) >= 11 is 0. The Morgan fingerprint density at radius 3 is 2.72 bits per heavy atom. The van der Waals surface area contributed by atoms with Gasteiger partial charge in [0, 0.05) is 24.8 Å². The van der Waals surface area contributed by atoms with Gasteiger partial charge >= 0.3 is 0 Å². The fourth-order valence-corrected chi connectivity index (χ4v) is 7.94. The normalized spacial score (nSPS) is 52.2. The summed E-state index contributed by atoms with van der Waals surface area (Å²) in [6.07, 6.45) is 10.4. The lowest BCUT2D eigenvalue weighted by atomic mass is 9.43. The Morgan fingerprint density at radius 2 is 1.97 bits per heavy atom. The summed E-state index contributed by atoms with van der Waals surface area (Å²) in [5.74, 6) is 1.73. The average Bonchev–Trinajstić information content (AvgIpc) is 3.35. The van der Waals surface area contributed by atoms with Crippen LogP contribution in [0.3, 0.4) is 0 Å². The first-order chi connectivity index (χ1) is 13.9. The molecule has 0 unspecified atom stereocenters. The van der Waals surface area contributed by atoms with E-state index >= 15 is 0 Å². The van der Waals surface area contributed by atoms with Crippen LogP contribution in [0, 0.1) is 28.6 Å². The van der Waals surface area contributed by atoms with E-state index in [2.05, 4.69) is 29.5 Å². The van der Waals surface area contributed by atoms with Gasteiger partial charge in [-0.25, -0.2) is 0 Å². The Balaban J connectivity index is 1.42. The monoisotopic (exact) mass is 403 g/mol. The summed E-state index contributed by atoms with van der Waals surface area (Å²) in [4.78, 5) is 5.76. The number of oxime groups is 2. The smallest absolute Gasteiger partial charge is 0.141 e. The molecule has 6 heteroatoms. The summed E-state index contributed by atoms with van der Waals surface area (Å²) in [7, 11) is 0. The van der Waals surface area contributed by atoms with Gasteiger partial charge < -0.3 is 20.5 Å². The Bertz CT molecular complexity index is 718. The van der Waals surface area contributed by atoms with Crippen molar-refractivity contribution in [3.8, 4) is 0 Å². The Kier molecular flexibility index (Phi) is 4.74. The third-order valence-corrected chi connectivity index (χ3v) is 9.75. The van der Waals surface area contributed by atoms with Crippen LogP contribution < -0.4 is 5.32 Å². The van der Waals surface area contributed by atoms with E-state index in [1.54, 1.807) is 0 Å². The molecule has 1 saturated heterocycles. The molecule has 162 valence electrons. The van der Waals surface area contributed by atoms with Gasteiger partial charge in [-0.05, 0) is 74.7 Å². The highest BCUT2D eigenvalue weighted by Gasteiger charge is 2.65. The van der Waals surface area contributed by atoms with Crippen LogP contribution >= 0.6 is 0 Å². The van der Waals surface area contributed by atoms with Gasteiger partial charge in [-0.2, -0.15) is 0 Å². The summed E-state index contributed by atoms with van der Waals surface area (Å²) in [5, 5.41) is 33.4. The number of nitrogens with one attached hydrogen (secondary N) is 1. The zero-order valence-electron chi connectivity index (χ0n) is 18.0. The van der Waals surface area contributed by atoms with E-state index in [1.807, 2.05) is 0 Å². The molecule has 4 saturated carbocycles. The number of aliphatic hydroxyl groups is 1. The maximum atomic E-state index is 12.0. The first kappa shape index (κ1) is 19.8. The van der Waals surface area contributed by atoms with Crippen LogP contribution in [0.4, 0.5) is 0 Å². The van der Waals surface area contributed by atoms with E-state index in [-0.39, 0.29) is 11.5 Å². The Labute approximate surface area is 174 Å². The number of rotatable bonds is 2. The minimum absolute atomic E-state index is 0.130. The molecule has 5 rings (SSSR count). The molecule has 6 nitrogen and oxygen atoms in total. The quantitative estimate of drug-likeness (QED) is 0.485. The highest BCUT2D eigenvalue weighted by molar-refractivity contribution is 6.00. The van der Waals surface area contributed by atoms with E-state index in [0.717, 1.165) is 44.5 Å². The summed E-state index contributed by atoms with van der Waals surface area (Å²) in [6, 6.07) is 0. The molecule has 1 heterocycles. The predicted molar refractivity (Wildman–Crippen MR) is 112 cm³/mol. The molecule has 29 heavy (non-hydrogen) atoms. The van der Waals surface area contributed by atoms with Crippen molar-refractivity contribution >= 4 is 11.4 Å². The topological polar surface area (TPSA) is 86.4 Å². The van der Waals surface area contributed by atoms with Crippen molar-refractivity contribution < 1.29 is 15.2 Å². The SMILES string of the molecule is C[C@@]12CCC[C@H]1[C@@H]1C/C(=N\O)[C@@]3(O)C/C(=N/O[C@@H]4CCNC4)CC[C@]3(C)[C@H]1CC2. The molecule has 0 radical (unpaired) electrons. The van der Waals surface area contributed by atoms with Crippen LogP contribution in [-0.2, 0) is 4.84 Å². The largest absolute Gasteiger partial charge is 0.411 e. The fourth-order valence-electron chi connectivity index (χ4n) is 7.94. The van der Waals surface area contributed by atoms with E-state index in [9.17, 15) is 10.3 Å². The van der Waals surface area contributed by atoms with Gasteiger partial charge in [0.05, 0.1) is 11.4 Å². The number of hydrogen-bond donors (Lipinski definition) is 3. The third kappa shape index (κ3) is 2.88. The molecule has 5 aliphatic rings. The molecule has 7 atom stereocenters.